The van der Waals surface area contributed by atoms with Crippen LogP contribution in [0.5, 0.6) is 0 Å². The van der Waals surface area contributed by atoms with Gasteiger partial charge in [0.05, 0.1) is 10.5 Å². The Morgan fingerprint density at radius 2 is 2.25 bits per heavy atom. The molecular weight excluding hydrogens is 377 g/mol. The third-order valence-corrected chi connectivity index (χ3v) is 6.73. The number of amides is 1. The summed E-state index contributed by atoms with van der Waals surface area (Å²) in [4.78, 5) is 13.8. The first-order chi connectivity index (χ1) is 13.5. The van der Waals surface area contributed by atoms with E-state index in [4.69, 9.17) is 10.0 Å². The topological polar surface area (TPSA) is 93.7 Å². The Labute approximate surface area is 165 Å². The average molecular weight is 399 g/mol. The fourth-order valence-corrected chi connectivity index (χ4v) is 5.15. The standard InChI is InChI=1S/C20H22FN5OS/c1-26-11-18-16(6-4-15(25-28(18)23)8-12-2-3-12)19(26)20(27)24-14-5-7-17(21)13(9-14)10-22/h5,7,9,11-12,15H,2-4,6,8H2,1H3,(H2,23,25)(H,24,27). The van der Waals surface area contributed by atoms with Crippen LogP contribution >= 0.6 is 0 Å². The molecule has 1 amide bonds. The van der Waals surface area contributed by atoms with Gasteiger partial charge in [0.1, 0.15) is 17.6 Å². The van der Waals surface area contributed by atoms with E-state index in [-0.39, 0.29) is 11.5 Å². The molecule has 1 aliphatic carbocycles. The highest BCUT2D eigenvalue weighted by molar-refractivity contribution is 7.84. The third-order valence-electron chi connectivity index (χ3n) is 5.37. The highest BCUT2D eigenvalue weighted by atomic mass is 32.2. The molecule has 2 heterocycles. The summed E-state index contributed by atoms with van der Waals surface area (Å²) in [6.07, 6.45) is 7.19. The summed E-state index contributed by atoms with van der Waals surface area (Å²) < 4.78 is 27.2. The summed E-state index contributed by atoms with van der Waals surface area (Å²) in [5.74, 6) is -0.134. The molecule has 4 rings (SSSR count). The van der Waals surface area contributed by atoms with Gasteiger partial charge in [-0.15, -0.1) is 0 Å². The molecule has 1 aromatic carbocycles. The lowest BCUT2D eigenvalue weighted by Gasteiger charge is -2.16. The molecule has 2 unspecified atom stereocenters. The van der Waals surface area contributed by atoms with E-state index >= 15 is 0 Å². The molecule has 146 valence electrons. The minimum atomic E-state index is -0.855. The van der Waals surface area contributed by atoms with Crippen molar-refractivity contribution in [2.24, 2.45) is 13.0 Å². The zero-order valence-corrected chi connectivity index (χ0v) is 16.4. The number of carbonyl (C=O) groups is 1. The molecule has 28 heavy (non-hydrogen) atoms. The van der Waals surface area contributed by atoms with Gasteiger partial charge >= 0.3 is 0 Å². The van der Waals surface area contributed by atoms with Gasteiger partial charge in [-0.1, -0.05) is 12.8 Å². The Morgan fingerprint density at radius 3 is 2.96 bits per heavy atom. The first kappa shape index (κ1) is 18.8. The molecule has 0 saturated heterocycles. The van der Waals surface area contributed by atoms with Gasteiger partial charge in [-0.2, -0.15) is 5.26 Å². The molecular formula is C20H22FN5OS. The lowest BCUT2D eigenvalue weighted by atomic mass is 10.0. The summed E-state index contributed by atoms with van der Waals surface area (Å²) in [6.45, 7) is 0. The van der Waals surface area contributed by atoms with Crippen LogP contribution in [-0.2, 0) is 24.3 Å². The van der Waals surface area contributed by atoms with Crippen LogP contribution in [0.3, 0.4) is 0 Å². The van der Waals surface area contributed by atoms with Crippen molar-refractivity contribution in [1.82, 2.24) is 9.29 Å². The monoisotopic (exact) mass is 399 g/mol. The van der Waals surface area contributed by atoms with Gasteiger partial charge in [-0.3, -0.25) is 9.57 Å². The van der Waals surface area contributed by atoms with Crippen LogP contribution in [0.1, 0.15) is 47.3 Å². The van der Waals surface area contributed by atoms with Crippen molar-refractivity contribution in [3.8, 4) is 6.07 Å². The van der Waals surface area contributed by atoms with E-state index in [1.54, 1.807) is 17.7 Å². The number of hydrogen-bond acceptors (Lipinski definition) is 3. The van der Waals surface area contributed by atoms with Gasteiger partial charge in [-0.05, 0) is 59.8 Å². The zero-order chi connectivity index (χ0) is 19.8. The number of hydrogen-bond donors (Lipinski definition) is 3. The Hall–Kier alpha value is -2.50. The minimum absolute atomic E-state index is 0.108. The molecule has 1 saturated carbocycles. The third kappa shape index (κ3) is 3.73. The van der Waals surface area contributed by atoms with E-state index in [1.807, 2.05) is 6.20 Å². The normalized spacial score (nSPS) is 21.5. The average Bonchev–Trinajstić information content (AvgIpc) is 3.43. The van der Waals surface area contributed by atoms with Gasteiger partial charge < -0.3 is 9.88 Å². The van der Waals surface area contributed by atoms with E-state index < -0.39 is 16.7 Å². The Morgan fingerprint density at radius 1 is 1.46 bits per heavy atom. The van der Waals surface area contributed by atoms with Crippen LogP contribution in [0.4, 0.5) is 10.1 Å². The highest BCUT2D eigenvalue weighted by Gasteiger charge is 2.30. The lowest BCUT2D eigenvalue weighted by Crippen LogP contribution is -2.29. The van der Waals surface area contributed by atoms with Crippen molar-refractivity contribution in [2.45, 2.75) is 43.0 Å². The number of fused-ring (bicyclic) bond motifs is 1. The number of halogens is 1. The second-order valence-corrected chi connectivity index (χ2v) is 8.82. The quantitative estimate of drug-likeness (QED) is 0.733. The number of aryl methyl sites for hydroxylation is 1. The van der Waals surface area contributed by atoms with Gasteiger partial charge in [0.15, 0.2) is 0 Å². The van der Waals surface area contributed by atoms with E-state index in [2.05, 4.69) is 10.0 Å². The number of aromatic nitrogens is 1. The van der Waals surface area contributed by atoms with Gasteiger partial charge in [-0.25, -0.2) is 9.11 Å². The molecule has 2 aliphatic rings. The van der Waals surface area contributed by atoms with Crippen LogP contribution in [0.2, 0.25) is 0 Å². The Kier molecular flexibility index (Phi) is 5.04. The predicted octanol–water partition coefficient (Wildman–Crippen LogP) is 3.65. The molecule has 1 fully saturated rings. The van der Waals surface area contributed by atoms with E-state index in [1.165, 1.54) is 31.0 Å². The number of nitrogens with zero attached hydrogens (tertiary/aromatic N) is 2. The Balaban J connectivity index is 1.58. The Bertz CT molecular complexity index is 1000. The molecule has 1 aromatic heterocycles. The number of nitriles is 1. The number of nitrogens with one attached hydrogen (secondary N) is 3. The molecule has 2 atom stereocenters. The van der Waals surface area contributed by atoms with E-state index in [0.717, 1.165) is 35.6 Å². The van der Waals surface area contributed by atoms with Gasteiger partial charge in [0.2, 0.25) is 0 Å². The van der Waals surface area contributed by atoms with Crippen LogP contribution < -0.4 is 10.0 Å². The van der Waals surface area contributed by atoms with Gasteiger partial charge in [0, 0.05) is 25.0 Å². The van der Waals surface area contributed by atoms with E-state index in [0.29, 0.717) is 17.4 Å². The molecule has 1 aliphatic heterocycles. The maximum absolute atomic E-state index is 13.5. The molecule has 2 aromatic rings. The van der Waals surface area contributed by atoms with Crippen LogP contribution in [0.15, 0.2) is 29.3 Å². The number of anilines is 1. The molecule has 0 bridgehead atoms. The largest absolute Gasteiger partial charge is 0.345 e. The summed E-state index contributed by atoms with van der Waals surface area (Å²) in [6, 6.07) is 6.04. The van der Waals surface area contributed by atoms with E-state index in [9.17, 15) is 9.18 Å². The smallest absolute Gasteiger partial charge is 0.272 e. The van der Waals surface area contributed by atoms with Crippen LogP contribution in [0, 0.1) is 27.8 Å². The fourth-order valence-electron chi connectivity index (χ4n) is 3.77. The van der Waals surface area contributed by atoms with Crippen molar-refractivity contribution in [3.05, 3.63) is 47.0 Å². The molecule has 0 spiro atoms. The number of benzene rings is 1. The van der Waals surface area contributed by atoms with Crippen molar-refractivity contribution in [2.75, 3.05) is 5.32 Å². The maximum Gasteiger partial charge on any atom is 0.272 e. The molecule has 3 N–H and O–H groups in total. The first-order valence-corrected chi connectivity index (χ1v) is 10.6. The highest BCUT2D eigenvalue weighted by Crippen LogP contribution is 2.36. The second kappa shape index (κ2) is 7.49. The number of carbonyl (C=O) groups excluding carboxylic acids is 1. The SMILES string of the molecule is Cn1cc2c(c1C(=O)Nc1ccc(F)c(C#N)c1)CCC(CC1CC1)NS2=N. The summed E-state index contributed by atoms with van der Waals surface area (Å²) >= 11 is 0. The summed E-state index contributed by atoms with van der Waals surface area (Å²) in [5.41, 5.74) is 1.70. The summed E-state index contributed by atoms with van der Waals surface area (Å²) in [7, 11) is 0.944. The van der Waals surface area contributed by atoms with Crippen molar-refractivity contribution in [1.29, 1.82) is 10.0 Å². The second-order valence-electron chi connectivity index (χ2n) is 7.53. The van der Waals surface area contributed by atoms with Crippen molar-refractivity contribution < 1.29 is 9.18 Å². The molecule has 8 heteroatoms. The van der Waals surface area contributed by atoms with Crippen molar-refractivity contribution >= 4 is 22.5 Å². The first-order valence-electron chi connectivity index (χ1n) is 9.37. The zero-order valence-electron chi connectivity index (χ0n) is 15.6. The molecule has 6 nitrogen and oxygen atoms in total. The molecule has 0 radical (unpaired) electrons. The summed E-state index contributed by atoms with van der Waals surface area (Å²) in [5, 5.41) is 11.8. The lowest BCUT2D eigenvalue weighted by molar-refractivity contribution is 0.101. The predicted molar refractivity (Wildman–Crippen MR) is 105 cm³/mol. The number of rotatable bonds is 4. The van der Waals surface area contributed by atoms with Crippen molar-refractivity contribution in [3.63, 3.8) is 0 Å². The van der Waals surface area contributed by atoms with Crippen LogP contribution in [-0.4, -0.2) is 16.5 Å². The fraction of sp³-hybridized carbons (Fsp3) is 0.400. The van der Waals surface area contributed by atoms with Gasteiger partial charge in [0.25, 0.3) is 5.91 Å². The van der Waals surface area contributed by atoms with Crippen LogP contribution in [0.25, 0.3) is 0 Å². The maximum atomic E-state index is 13.5. The minimum Gasteiger partial charge on any atom is -0.345 e.